The average molecular weight is 353 g/mol. The molecule has 0 spiro atoms. The molecule has 1 aromatic carbocycles. The third-order valence-corrected chi connectivity index (χ3v) is 5.08. The van der Waals surface area contributed by atoms with Crippen molar-refractivity contribution in [2.75, 3.05) is 19.9 Å². The van der Waals surface area contributed by atoms with E-state index in [0.717, 1.165) is 21.5 Å². The Morgan fingerprint density at radius 3 is 2.85 bits per heavy atom. The van der Waals surface area contributed by atoms with E-state index in [-0.39, 0.29) is 6.04 Å². The van der Waals surface area contributed by atoms with Gasteiger partial charge in [0, 0.05) is 27.4 Å². The second kappa shape index (κ2) is 7.67. The third-order valence-electron chi connectivity index (χ3n) is 2.96. The van der Waals surface area contributed by atoms with Crippen molar-refractivity contribution in [3.8, 4) is 5.75 Å². The zero-order valence-corrected chi connectivity index (χ0v) is 13.9. The first-order valence-electron chi connectivity index (χ1n) is 6.28. The van der Waals surface area contributed by atoms with E-state index in [9.17, 15) is 0 Å². The van der Waals surface area contributed by atoms with Crippen molar-refractivity contribution in [3.05, 3.63) is 52.8 Å². The highest BCUT2D eigenvalue weighted by Crippen LogP contribution is 2.30. The molecule has 1 heterocycles. The SMILES string of the molecule is CNC(CSc1ccccc1Br)c1cncc(OC)c1. The molecule has 0 aliphatic rings. The van der Waals surface area contributed by atoms with Crippen LogP contribution in [-0.4, -0.2) is 24.9 Å². The maximum absolute atomic E-state index is 5.23. The predicted molar refractivity (Wildman–Crippen MR) is 87.5 cm³/mol. The molecule has 0 saturated heterocycles. The van der Waals surface area contributed by atoms with Crippen LogP contribution in [-0.2, 0) is 0 Å². The Labute approximate surface area is 132 Å². The van der Waals surface area contributed by atoms with Gasteiger partial charge in [0.2, 0.25) is 0 Å². The van der Waals surface area contributed by atoms with Gasteiger partial charge >= 0.3 is 0 Å². The molecule has 0 radical (unpaired) electrons. The van der Waals surface area contributed by atoms with Crippen LogP contribution in [0, 0.1) is 0 Å². The molecule has 2 aromatic rings. The van der Waals surface area contributed by atoms with Gasteiger partial charge in [-0.05, 0) is 46.7 Å². The Bertz CT molecular complexity index is 565. The van der Waals surface area contributed by atoms with E-state index in [0.29, 0.717) is 0 Å². The lowest BCUT2D eigenvalue weighted by molar-refractivity contribution is 0.411. The minimum atomic E-state index is 0.231. The van der Waals surface area contributed by atoms with Crippen LogP contribution >= 0.6 is 27.7 Å². The summed E-state index contributed by atoms with van der Waals surface area (Å²) < 4.78 is 6.36. The number of ether oxygens (including phenoxy) is 1. The number of nitrogens with one attached hydrogen (secondary N) is 1. The predicted octanol–water partition coefficient (Wildman–Crippen LogP) is 3.91. The highest BCUT2D eigenvalue weighted by molar-refractivity contribution is 9.10. The number of hydrogen-bond acceptors (Lipinski definition) is 4. The van der Waals surface area contributed by atoms with Gasteiger partial charge in [-0.3, -0.25) is 4.98 Å². The van der Waals surface area contributed by atoms with E-state index in [1.807, 2.05) is 37.1 Å². The summed E-state index contributed by atoms with van der Waals surface area (Å²) in [5.74, 6) is 1.71. The summed E-state index contributed by atoms with van der Waals surface area (Å²) in [7, 11) is 3.62. The Morgan fingerprint density at radius 1 is 1.35 bits per heavy atom. The normalized spacial score (nSPS) is 12.2. The first-order chi connectivity index (χ1) is 9.74. The molecule has 106 valence electrons. The van der Waals surface area contributed by atoms with Crippen LogP contribution in [0.2, 0.25) is 0 Å². The number of hydrogen-bond donors (Lipinski definition) is 1. The van der Waals surface area contributed by atoms with Crippen molar-refractivity contribution in [1.82, 2.24) is 10.3 Å². The first-order valence-corrected chi connectivity index (χ1v) is 8.06. The summed E-state index contributed by atoms with van der Waals surface area (Å²) in [5, 5.41) is 3.33. The Balaban J connectivity index is 2.07. The highest BCUT2D eigenvalue weighted by Gasteiger charge is 2.12. The van der Waals surface area contributed by atoms with Crippen LogP contribution in [0.5, 0.6) is 5.75 Å². The summed E-state index contributed by atoms with van der Waals surface area (Å²) in [6.07, 6.45) is 3.60. The van der Waals surface area contributed by atoms with Crippen molar-refractivity contribution in [2.45, 2.75) is 10.9 Å². The maximum atomic E-state index is 5.23. The largest absolute Gasteiger partial charge is 0.495 e. The molecule has 0 fully saturated rings. The lowest BCUT2D eigenvalue weighted by Crippen LogP contribution is -2.19. The molecule has 2 rings (SSSR count). The van der Waals surface area contributed by atoms with E-state index < -0.39 is 0 Å². The zero-order chi connectivity index (χ0) is 14.4. The molecule has 20 heavy (non-hydrogen) atoms. The number of pyridine rings is 1. The fraction of sp³-hybridized carbons (Fsp3) is 0.267. The Hall–Kier alpha value is -1.04. The van der Waals surface area contributed by atoms with Gasteiger partial charge in [-0.25, -0.2) is 0 Å². The van der Waals surface area contributed by atoms with Crippen molar-refractivity contribution in [3.63, 3.8) is 0 Å². The summed E-state index contributed by atoms with van der Waals surface area (Å²) in [6.45, 7) is 0. The molecule has 1 N–H and O–H groups in total. The third kappa shape index (κ3) is 3.98. The van der Waals surface area contributed by atoms with Crippen molar-refractivity contribution in [1.29, 1.82) is 0 Å². The van der Waals surface area contributed by atoms with Crippen LogP contribution in [0.4, 0.5) is 0 Å². The molecular weight excluding hydrogens is 336 g/mol. The van der Waals surface area contributed by atoms with Crippen molar-refractivity contribution in [2.24, 2.45) is 0 Å². The van der Waals surface area contributed by atoms with Crippen LogP contribution in [0.25, 0.3) is 0 Å². The van der Waals surface area contributed by atoms with E-state index >= 15 is 0 Å². The number of benzene rings is 1. The van der Waals surface area contributed by atoms with Gasteiger partial charge < -0.3 is 10.1 Å². The fourth-order valence-electron chi connectivity index (χ4n) is 1.82. The second-order valence-corrected chi connectivity index (χ2v) is 6.16. The molecule has 0 bridgehead atoms. The molecule has 5 heteroatoms. The van der Waals surface area contributed by atoms with Crippen molar-refractivity contribution >= 4 is 27.7 Å². The molecule has 0 amide bonds. The molecule has 0 aliphatic heterocycles. The zero-order valence-electron chi connectivity index (χ0n) is 11.5. The summed E-state index contributed by atoms with van der Waals surface area (Å²) in [5.41, 5.74) is 1.13. The number of aromatic nitrogens is 1. The van der Waals surface area contributed by atoms with Gasteiger partial charge in [-0.15, -0.1) is 11.8 Å². The smallest absolute Gasteiger partial charge is 0.137 e. The van der Waals surface area contributed by atoms with Gasteiger partial charge in [0.05, 0.1) is 13.3 Å². The fourth-order valence-corrected chi connectivity index (χ4v) is 3.53. The van der Waals surface area contributed by atoms with Crippen LogP contribution in [0.1, 0.15) is 11.6 Å². The molecule has 1 atom stereocenters. The quantitative estimate of drug-likeness (QED) is 0.799. The van der Waals surface area contributed by atoms with E-state index in [1.165, 1.54) is 4.90 Å². The average Bonchev–Trinajstić information content (AvgIpc) is 2.50. The molecule has 0 saturated carbocycles. The van der Waals surface area contributed by atoms with Crippen LogP contribution < -0.4 is 10.1 Å². The molecule has 0 aliphatic carbocycles. The lowest BCUT2D eigenvalue weighted by Gasteiger charge is -2.17. The first kappa shape index (κ1) is 15.4. The van der Waals surface area contributed by atoms with Crippen LogP contribution in [0.3, 0.4) is 0 Å². The number of rotatable bonds is 6. The minimum Gasteiger partial charge on any atom is -0.495 e. The number of halogens is 1. The lowest BCUT2D eigenvalue weighted by atomic mass is 10.1. The topological polar surface area (TPSA) is 34.2 Å². The van der Waals surface area contributed by atoms with Crippen LogP contribution in [0.15, 0.2) is 52.1 Å². The van der Waals surface area contributed by atoms with Gasteiger partial charge in [-0.2, -0.15) is 0 Å². The molecule has 1 aromatic heterocycles. The van der Waals surface area contributed by atoms with Gasteiger partial charge in [-0.1, -0.05) is 12.1 Å². The van der Waals surface area contributed by atoms with E-state index in [2.05, 4.69) is 44.4 Å². The summed E-state index contributed by atoms with van der Waals surface area (Å²) >= 11 is 5.38. The molecule has 1 unspecified atom stereocenters. The standard InChI is InChI=1S/C15H17BrN2OS/c1-17-14(11-7-12(19-2)9-18-8-11)10-20-15-6-4-3-5-13(15)16/h3-9,14,17H,10H2,1-2H3. The highest BCUT2D eigenvalue weighted by atomic mass is 79.9. The summed E-state index contributed by atoms with van der Waals surface area (Å²) in [6, 6.07) is 10.5. The van der Waals surface area contributed by atoms with E-state index in [4.69, 9.17) is 4.74 Å². The maximum Gasteiger partial charge on any atom is 0.137 e. The Morgan fingerprint density at radius 2 is 2.15 bits per heavy atom. The molecular formula is C15H17BrN2OS. The molecule has 3 nitrogen and oxygen atoms in total. The number of thioether (sulfide) groups is 1. The van der Waals surface area contributed by atoms with Gasteiger partial charge in [0.1, 0.15) is 5.75 Å². The van der Waals surface area contributed by atoms with E-state index in [1.54, 1.807) is 13.3 Å². The second-order valence-electron chi connectivity index (χ2n) is 4.24. The van der Waals surface area contributed by atoms with Gasteiger partial charge in [0.25, 0.3) is 0 Å². The van der Waals surface area contributed by atoms with Crippen molar-refractivity contribution < 1.29 is 4.74 Å². The summed E-state index contributed by atoms with van der Waals surface area (Å²) in [4.78, 5) is 5.45. The monoisotopic (exact) mass is 352 g/mol. The Kier molecular flexibility index (Phi) is 5.88. The minimum absolute atomic E-state index is 0.231. The number of methoxy groups -OCH3 is 1. The van der Waals surface area contributed by atoms with Gasteiger partial charge in [0.15, 0.2) is 0 Å². The number of nitrogens with zero attached hydrogens (tertiary/aromatic N) is 1.